The molecule has 0 aromatic heterocycles. The second-order valence-electron chi connectivity index (χ2n) is 3.99. The van der Waals surface area contributed by atoms with E-state index in [4.69, 9.17) is 5.11 Å². The summed E-state index contributed by atoms with van der Waals surface area (Å²) in [5.41, 5.74) is 2.11. The van der Waals surface area contributed by atoms with E-state index < -0.39 is 11.8 Å². The molecule has 0 heterocycles. The number of carboxylic acid groups (broad SMARTS) is 1. The van der Waals surface area contributed by atoms with Crippen molar-refractivity contribution in [2.75, 3.05) is 5.32 Å². The van der Waals surface area contributed by atoms with Crippen LogP contribution in [0.2, 0.25) is 0 Å². The molecule has 0 unspecified atom stereocenters. The van der Waals surface area contributed by atoms with Crippen molar-refractivity contribution in [2.24, 2.45) is 0 Å². The molecule has 0 amide bonds. The molecule has 2 aromatic rings. The average molecular weight is 245 g/mol. The SMILES string of the molecule is Cc1cccc(Nc2ccc(F)cc2C(=O)O)c1. The molecule has 0 aliphatic carbocycles. The second kappa shape index (κ2) is 4.87. The van der Waals surface area contributed by atoms with Crippen LogP contribution in [0.4, 0.5) is 15.8 Å². The maximum atomic E-state index is 13.0. The highest BCUT2D eigenvalue weighted by molar-refractivity contribution is 5.95. The zero-order valence-corrected chi connectivity index (χ0v) is 9.77. The first-order valence-corrected chi connectivity index (χ1v) is 5.43. The van der Waals surface area contributed by atoms with Crippen LogP contribution in [0, 0.1) is 12.7 Å². The largest absolute Gasteiger partial charge is 0.478 e. The van der Waals surface area contributed by atoms with Crippen LogP contribution in [0.1, 0.15) is 15.9 Å². The molecular weight excluding hydrogens is 233 g/mol. The van der Waals surface area contributed by atoms with Crippen LogP contribution >= 0.6 is 0 Å². The molecule has 0 saturated heterocycles. The van der Waals surface area contributed by atoms with Crippen LogP contribution in [-0.4, -0.2) is 11.1 Å². The van der Waals surface area contributed by atoms with Gasteiger partial charge in [0.15, 0.2) is 0 Å². The van der Waals surface area contributed by atoms with Gasteiger partial charge in [-0.05, 0) is 42.8 Å². The van der Waals surface area contributed by atoms with Crippen LogP contribution in [0.15, 0.2) is 42.5 Å². The Labute approximate surface area is 104 Å². The van der Waals surface area contributed by atoms with E-state index in [0.717, 1.165) is 17.3 Å². The molecule has 0 bridgehead atoms. The number of nitrogens with one attached hydrogen (secondary N) is 1. The van der Waals surface area contributed by atoms with Gasteiger partial charge in [-0.2, -0.15) is 0 Å². The summed E-state index contributed by atoms with van der Waals surface area (Å²) in [6.07, 6.45) is 0. The maximum absolute atomic E-state index is 13.0. The predicted octanol–water partition coefficient (Wildman–Crippen LogP) is 3.58. The minimum Gasteiger partial charge on any atom is -0.478 e. The third-order valence-corrected chi connectivity index (χ3v) is 2.51. The molecule has 0 spiro atoms. The Balaban J connectivity index is 2.37. The maximum Gasteiger partial charge on any atom is 0.337 e. The summed E-state index contributed by atoms with van der Waals surface area (Å²) in [7, 11) is 0. The van der Waals surface area contributed by atoms with Gasteiger partial charge < -0.3 is 10.4 Å². The highest BCUT2D eigenvalue weighted by Crippen LogP contribution is 2.22. The van der Waals surface area contributed by atoms with E-state index in [0.29, 0.717) is 5.69 Å². The normalized spacial score (nSPS) is 10.1. The number of halogens is 1. The summed E-state index contributed by atoms with van der Waals surface area (Å²) in [6.45, 7) is 1.94. The molecule has 2 aromatic carbocycles. The Morgan fingerprint density at radius 1 is 1.22 bits per heavy atom. The van der Waals surface area contributed by atoms with Crippen LogP contribution in [0.3, 0.4) is 0 Å². The summed E-state index contributed by atoms with van der Waals surface area (Å²) >= 11 is 0. The highest BCUT2D eigenvalue weighted by Gasteiger charge is 2.11. The zero-order valence-electron chi connectivity index (χ0n) is 9.77. The summed E-state index contributed by atoms with van der Waals surface area (Å²) in [6, 6.07) is 11.2. The minimum absolute atomic E-state index is 0.0866. The van der Waals surface area contributed by atoms with Gasteiger partial charge in [-0.15, -0.1) is 0 Å². The molecule has 0 aliphatic heterocycles. The number of aromatic carboxylic acids is 1. The molecule has 4 heteroatoms. The third-order valence-electron chi connectivity index (χ3n) is 2.51. The van der Waals surface area contributed by atoms with E-state index in [1.807, 2.05) is 31.2 Å². The minimum atomic E-state index is -1.16. The molecule has 0 radical (unpaired) electrons. The fourth-order valence-electron chi connectivity index (χ4n) is 1.68. The molecule has 18 heavy (non-hydrogen) atoms. The van der Waals surface area contributed by atoms with Crippen molar-refractivity contribution in [3.63, 3.8) is 0 Å². The summed E-state index contributed by atoms with van der Waals surface area (Å²) in [5.74, 6) is -1.73. The first-order chi connectivity index (χ1) is 8.56. The van der Waals surface area contributed by atoms with Crippen molar-refractivity contribution < 1.29 is 14.3 Å². The molecule has 2 N–H and O–H groups in total. The van der Waals surface area contributed by atoms with E-state index in [9.17, 15) is 9.18 Å². The third kappa shape index (κ3) is 2.66. The van der Waals surface area contributed by atoms with Gasteiger partial charge in [0.2, 0.25) is 0 Å². The lowest BCUT2D eigenvalue weighted by Gasteiger charge is -2.10. The Hall–Kier alpha value is -2.36. The van der Waals surface area contributed by atoms with Gasteiger partial charge in [0.05, 0.1) is 11.3 Å². The lowest BCUT2D eigenvalue weighted by molar-refractivity contribution is 0.0697. The number of hydrogen-bond acceptors (Lipinski definition) is 2. The summed E-state index contributed by atoms with van der Waals surface area (Å²) in [5, 5.41) is 12.0. The summed E-state index contributed by atoms with van der Waals surface area (Å²) in [4.78, 5) is 11.0. The Morgan fingerprint density at radius 2 is 2.00 bits per heavy atom. The average Bonchev–Trinajstić information content (AvgIpc) is 2.31. The van der Waals surface area contributed by atoms with Crippen LogP contribution in [0.25, 0.3) is 0 Å². The first-order valence-electron chi connectivity index (χ1n) is 5.43. The van der Waals surface area contributed by atoms with Gasteiger partial charge in [-0.1, -0.05) is 12.1 Å². The van der Waals surface area contributed by atoms with Gasteiger partial charge in [-0.25, -0.2) is 9.18 Å². The van der Waals surface area contributed by atoms with Crippen molar-refractivity contribution >= 4 is 17.3 Å². The fraction of sp³-hybridized carbons (Fsp3) is 0.0714. The number of aryl methyl sites for hydroxylation is 1. The first kappa shape index (κ1) is 12.1. The van der Waals surface area contributed by atoms with Gasteiger partial charge in [0, 0.05) is 5.69 Å². The van der Waals surface area contributed by atoms with E-state index >= 15 is 0 Å². The standard InChI is InChI=1S/C14H12FNO2/c1-9-3-2-4-11(7-9)16-13-6-5-10(15)8-12(13)14(17)18/h2-8,16H,1H3,(H,17,18). The molecule has 0 fully saturated rings. The molecular formula is C14H12FNO2. The molecule has 2 rings (SSSR count). The van der Waals surface area contributed by atoms with Gasteiger partial charge in [-0.3, -0.25) is 0 Å². The van der Waals surface area contributed by atoms with E-state index in [2.05, 4.69) is 5.32 Å². The Kier molecular flexibility index (Phi) is 3.28. The molecule has 0 atom stereocenters. The number of carboxylic acids is 1. The highest BCUT2D eigenvalue weighted by atomic mass is 19.1. The van der Waals surface area contributed by atoms with Crippen molar-refractivity contribution in [2.45, 2.75) is 6.92 Å². The van der Waals surface area contributed by atoms with Crippen molar-refractivity contribution in [3.8, 4) is 0 Å². The van der Waals surface area contributed by atoms with Gasteiger partial charge in [0.1, 0.15) is 5.82 Å². The van der Waals surface area contributed by atoms with Crippen LogP contribution < -0.4 is 5.32 Å². The molecule has 0 aliphatic rings. The molecule has 92 valence electrons. The number of anilines is 2. The number of benzene rings is 2. The monoisotopic (exact) mass is 245 g/mol. The molecule has 3 nitrogen and oxygen atoms in total. The second-order valence-corrected chi connectivity index (χ2v) is 3.99. The smallest absolute Gasteiger partial charge is 0.337 e. The Bertz CT molecular complexity index is 596. The predicted molar refractivity (Wildman–Crippen MR) is 67.8 cm³/mol. The number of rotatable bonds is 3. The lowest BCUT2D eigenvalue weighted by Crippen LogP contribution is -2.03. The van der Waals surface area contributed by atoms with Crippen molar-refractivity contribution in [1.29, 1.82) is 0 Å². The van der Waals surface area contributed by atoms with E-state index in [1.165, 1.54) is 12.1 Å². The van der Waals surface area contributed by atoms with Crippen LogP contribution in [0.5, 0.6) is 0 Å². The van der Waals surface area contributed by atoms with Crippen molar-refractivity contribution in [1.82, 2.24) is 0 Å². The number of hydrogen-bond donors (Lipinski definition) is 2. The summed E-state index contributed by atoms with van der Waals surface area (Å²) < 4.78 is 13.0. The number of carbonyl (C=O) groups is 1. The zero-order chi connectivity index (χ0) is 13.1. The topological polar surface area (TPSA) is 49.3 Å². The quantitative estimate of drug-likeness (QED) is 0.869. The van der Waals surface area contributed by atoms with Crippen LogP contribution in [-0.2, 0) is 0 Å². The molecule has 0 saturated carbocycles. The van der Waals surface area contributed by atoms with Gasteiger partial charge >= 0.3 is 5.97 Å². The van der Waals surface area contributed by atoms with Gasteiger partial charge in [0.25, 0.3) is 0 Å². The van der Waals surface area contributed by atoms with Crippen molar-refractivity contribution in [3.05, 3.63) is 59.4 Å². The Morgan fingerprint density at radius 3 is 2.67 bits per heavy atom. The lowest BCUT2D eigenvalue weighted by atomic mass is 10.1. The van der Waals surface area contributed by atoms with E-state index in [-0.39, 0.29) is 5.56 Å². The fourth-order valence-corrected chi connectivity index (χ4v) is 1.68. The van der Waals surface area contributed by atoms with E-state index in [1.54, 1.807) is 0 Å².